The third-order valence-electron chi connectivity index (χ3n) is 2.55. The smallest absolute Gasteiger partial charge is 0.406 e. The summed E-state index contributed by atoms with van der Waals surface area (Å²) >= 11 is 16.4. The predicted octanol–water partition coefficient (Wildman–Crippen LogP) is 3.51. The van der Waals surface area contributed by atoms with E-state index in [9.17, 15) is 4.79 Å². The lowest BCUT2D eigenvalue weighted by molar-refractivity contribution is -0.690. The Labute approximate surface area is 131 Å². The van der Waals surface area contributed by atoms with Crippen LogP contribution >= 0.6 is 34.8 Å². The Bertz CT molecular complexity index is 597. The van der Waals surface area contributed by atoms with E-state index in [2.05, 4.69) is 0 Å². The van der Waals surface area contributed by atoms with Crippen molar-refractivity contribution in [3.63, 3.8) is 0 Å². The van der Waals surface area contributed by atoms with Gasteiger partial charge in [0.05, 0.1) is 0 Å². The lowest BCUT2D eigenvalue weighted by atomic mass is 10.2. The number of halogens is 3. The molecule has 0 N–H and O–H groups in total. The van der Waals surface area contributed by atoms with Crippen LogP contribution in [-0.2, 0) is 11.3 Å². The van der Waals surface area contributed by atoms with Gasteiger partial charge in [0.25, 0.3) is 5.69 Å². The number of hydrogen-bond donors (Lipinski definition) is 0. The Balaban J connectivity index is 2.25. The first-order valence-corrected chi connectivity index (χ1v) is 6.91. The molecule has 0 fully saturated rings. The zero-order chi connectivity index (χ0) is 14.6. The predicted molar refractivity (Wildman–Crippen MR) is 77.9 cm³/mol. The fourth-order valence-electron chi connectivity index (χ4n) is 1.74. The highest BCUT2D eigenvalue weighted by Gasteiger charge is 2.30. The Morgan fingerprint density at radius 1 is 1.05 bits per heavy atom. The molecule has 0 unspecified atom stereocenters. The number of rotatable bonds is 3. The van der Waals surface area contributed by atoms with E-state index in [4.69, 9.17) is 39.5 Å². The molecule has 104 valence electrons. The first kappa shape index (κ1) is 15.1. The topological polar surface area (TPSA) is 30.2 Å². The van der Waals surface area contributed by atoms with E-state index in [1.807, 2.05) is 36.4 Å². The van der Waals surface area contributed by atoms with E-state index in [1.54, 1.807) is 22.9 Å². The monoisotopic (exact) mass is 330 g/mol. The lowest BCUT2D eigenvalue weighted by Gasteiger charge is -2.11. The molecule has 0 spiro atoms. The van der Waals surface area contributed by atoms with Crippen LogP contribution in [-0.4, -0.2) is 9.95 Å². The summed E-state index contributed by atoms with van der Waals surface area (Å²) in [6.07, 6.45) is 1.77. The number of ether oxygens (including phenoxy) is 1. The third-order valence-corrected chi connectivity index (χ3v) is 2.79. The van der Waals surface area contributed by atoms with Gasteiger partial charge in [-0.1, -0.05) is 30.3 Å². The van der Waals surface area contributed by atoms with E-state index in [0.29, 0.717) is 12.2 Å². The first-order chi connectivity index (χ1) is 9.46. The maximum atomic E-state index is 12.0. The summed E-state index contributed by atoms with van der Waals surface area (Å²) in [6.45, 7) is 0.520. The largest absolute Gasteiger partial charge is 0.407 e. The van der Waals surface area contributed by atoms with Crippen LogP contribution in [0.25, 0.3) is 0 Å². The summed E-state index contributed by atoms with van der Waals surface area (Å²) < 4.78 is 4.40. The van der Waals surface area contributed by atoms with E-state index >= 15 is 0 Å². The highest BCUT2D eigenvalue weighted by Crippen LogP contribution is 2.28. The van der Waals surface area contributed by atoms with Crippen LogP contribution in [0.1, 0.15) is 16.1 Å². The van der Waals surface area contributed by atoms with Crippen LogP contribution in [0, 0.1) is 0 Å². The molecule has 0 saturated carbocycles. The van der Waals surface area contributed by atoms with E-state index in [1.165, 1.54) is 0 Å². The number of aromatic nitrogens is 1. The molecule has 3 nitrogen and oxygen atoms in total. The second kappa shape index (κ2) is 6.44. The maximum absolute atomic E-state index is 12.0. The molecule has 0 bridgehead atoms. The molecule has 1 aromatic heterocycles. The van der Waals surface area contributed by atoms with Crippen LogP contribution in [0.5, 0.6) is 0 Å². The SMILES string of the molecule is O=C(OC(Cl)(Cl)Cl)c1cccc[n+]1Cc1ccccc1. The molecule has 0 aliphatic rings. The first-order valence-electron chi connectivity index (χ1n) is 5.78. The molecule has 1 aromatic carbocycles. The molecule has 2 rings (SSSR count). The second-order valence-electron chi connectivity index (χ2n) is 4.03. The summed E-state index contributed by atoms with van der Waals surface area (Å²) in [5.41, 5.74) is 1.36. The standard InChI is InChI=1S/C14H11Cl3NO2/c15-14(16,17)20-13(19)12-8-4-5-9-18(12)10-11-6-2-1-3-7-11/h1-9H,10H2/q+1. The normalized spacial score (nSPS) is 11.2. The zero-order valence-electron chi connectivity index (χ0n) is 10.3. The van der Waals surface area contributed by atoms with Crippen molar-refractivity contribution < 1.29 is 14.1 Å². The number of alkyl halides is 3. The van der Waals surface area contributed by atoms with Crippen LogP contribution < -0.4 is 4.57 Å². The average Bonchev–Trinajstić information content (AvgIpc) is 2.38. The third kappa shape index (κ3) is 4.37. The van der Waals surface area contributed by atoms with Gasteiger partial charge in [-0.3, -0.25) is 0 Å². The Hall–Kier alpha value is -1.29. The van der Waals surface area contributed by atoms with Gasteiger partial charge in [0.1, 0.15) is 0 Å². The highest BCUT2D eigenvalue weighted by atomic mass is 35.6. The fourth-order valence-corrected chi connectivity index (χ4v) is 1.95. The zero-order valence-corrected chi connectivity index (χ0v) is 12.6. The minimum atomic E-state index is -2.07. The molecule has 20 heavy (non-hydrogen) atoms. The van der Waals surface area contributed by atoms with E-state index in [0.717, 1.165) is 5.56 Å². The van der Waals surface area contributed by atoms with E-state index < -0.39 is 9.95 Å². The van der Waals surface area contributed by atoms with Gasteiger partial charge >= 0.3 is 9.95 Å². The van der Waals surface area contributed by atoms with Crippen molar-refractivity contribution in [1.29, 1.82) is 0 Å². The molecule has 0 aliphatic carbocycles. The average molecular weight is 332 g/mol. The molecule has 2 aromatic rings. The van der Waals surface area contributed by atoms with Crippen LogP contribution in [0.4, 0.5) is 0 Å². The number of carbonyl (C=O) groups is 1. The Morgan fingerprint density at radius 3 is 2.35 bits per heavy atom. The van der Waals surface area contributed by atoms with Gasteiger partial charge in [-0.15, -0.1) is 0 Å². The van der Waals surface area contributed by atoms with Gasteiger partial charge in [-0.05, 0) is 40.9 Å². The van der Waals surface area contributed by atoms with Crippen molar-refractivity contribution in [2.45, 2.75) is 10.5 Å². The summed E-state index contributed by atoms with van der Waals surface area (Å²) in [7, 11) is 0. The van der Waals surface area contributed by atoms with Gasteiger partial charge in [-0.2, -0.15) is 4.57 Å². The number of benzene rings is 1. The van der Waals surface area contributed by atoms with Gasteiger partial charge in [0.2, 0.25) is 0 Å². The van der Waals surface area contributed by atoms with Gasteiger partial charge in [0, 0.05) is 17.7 Å². The quantitative estimate of drug-likeness (QED) is 0.489. The Kier molecular flexibility index (Phi) is 4.86. The summed E-state index contributed by atoms with van der Waals surface area (Å²) in [5, 5.41) is 0. The van der Waals surface area contributed by atoms with E-state index in [-0.39, 0.29) is 0 Å². The van der Waals surface area contributed by atoms with Crippen molar-refractivity contribution in [3.05, 3.63) is 66.0 Å². The van der Waals surface area contributed by atoms with Crippen molar-refractivity contribution in [1.82, 2.24) is 0 Å². The molecular formula is C14H11Cl3NO2+. The summed E-state index contributed by atoms with van der Waals surface area (Å²) in [6, 6.07) is 14.9. The van der Waals surface area contributed by atoms with Crippen LogP contribution in [0.2, 0.25) is 0 Å². The highest BCUT2D eigenvalue weighted by molar-refractivity contribution is 6.66. The number of nitrogens with zero attached hydrogens (tertiary/aromatic N) is 1. The van der Waals surface area contributed by atoms with Crippen LogP contribution in [0.3, 0.4) is 0 Å². The summed E-state index contributed by atoms with van der Waals surface area (Å²) in [4.78, 5) is 12.0. The lowest BCUT2D eigenvalue weighted by Crippen LogP contribution is -2.41. The maximum Gasteiger partial charge on any atom is 0.407 e. The number of hydrogen-bond acceptors (Lipinski definition) is 2. The minimum absolute atomic E-state index is 0.308. The molecular weight excluding hydrogens is 321 g/mol. The van der Waals surface area contributed by atoms with Crippen molar-refractivity contribution >= 4 is 40.8 Å². The Morgan fingerprint density at radius 2 is 1.70 bits per heavy atom. The molecule has 6 heteroatoms. The molecule has 0 radical (unpaired) electrons. The molecule has 0 amide bonds. The van der Waals surface area contributed by atoms with Gasteiger partial charge < -0.3 is 4.74 Å². The van der Waals surface area contributed by atoms with Crippen molar-refractivity contribution in [2.75, 3.05) is 0 Å². The number of carbonyl (C=O) groups excluding carboxylic acids is 1. The number of pyridine rings is 1. The number of esters is 1. The molecule has 0 atom stereocenters. The van der Waals surface area contributed by atoms with Crippen molar-refractivity contribution in [2.24, 2.45) is 0 Å². The molecule has 0 aliphatic heterocycles. The van der Waals surface area contributed by atoms with Crippen LogP contribution in [0.15, 0.2) is 54.7 Å². The van der Waals surface area contributed by atoms with Crippen molar-refractivity contribution in [3.8, 4) is 0 Å². The molecule has 1 heterocycles. The van der Waals surface area contributed by atoms with Gasteiger partial charge in [0.15, 0.2) is 12.7 Å². The van der Waals surface area contributed by atoms with Gasteiger partial charge in [-0.25, -0.2) is 4.79 Å². The summed E-state index contributed by atoms with van der Waals surface area (Å²) in [5.74, 6) is -0.693. The fraction of sp³-hybridized carbons (Fsp3) is 0.143. The minimum Gasteiger partial charge on any atom is -0.406 e. The second-order valence-corrected chi connectivity index (χ2v) is 6.21. The molecule has 0 saturated heterocycles.